The summed E-state index contributed by atoms with van der Waals surface area (Å²) in [7, 11) is 1.83. The maximum absolute atomic E-state index is 4.74. The van der Waals surface area contributed by atoms with Crippen LogP contribution in [0.25, 0.3) is 5.65 Å². The lowest BCUT2D eigenvalue weighted by Gasteiger charge is -2.43. The fourth-order valence-corrected chi connectivity index (χ4v) is 4.07. The molecule has 28 heavy (non-hydrogen) atoms. The highest BCUT2D eigenvalue weighted by Gasteiger charge is 2.38. The summed E-state index contributed by atoms with van der Waals surface area (Å²) >= 11 is 0. The first kappa shape index (κ1) is 18.5. The minimum atomic E-state index is 0.248. The summed E-state index contributed by atoms with van der Waals surface area (Å²) in [4.78, 5) is 9.14. The van der Waals surface area contributed by atoms with E-state index in [9.17, 15) is 0 Å². The van der Waals surface area contributed by atoms with E-state index in [0.717, 1.165) is 36.8 Å². The van der Waals surface area contributed by atoms with Gasteiger partial charge >= 0.3 is 0 Å². The number of benzene rings is 1. The molecule has 0 bridgehead atoms. The molecular weight excluding hydrogens is 346 g/mol. The number of aliphatic imine (C=N–C) groups is 1. The van der Waals surface area contributed by atoms with Crippen LogP contribution in [0, 0.1) is 6.92 Å². The predicted molar refractivity (Wildman–Crippen MR) is 115 cm³/mol. The average molecular weight is 376 g/mol. The van der Waals surface area contributed by atoms with E-state index in [4.69, 9.17) is 4.98 Å². The van der Waals surface area contributed by atoms with Crippen molar-refractivity contribution in [3.05, 3.63) is 71.7 Å². The number of pyridine rings is 1. The number of nitrogens with zero attached hydrogens (tertiary/aromatic N) is 3. The molecule has 2 N–H and O–H groups in total. The molecule has 5 heteroatoms. The highest BCUT2D eigenvalue weighted by Crippen LogP contribution is 2.43. The minimum Gasteiger partial charge on any atom is -0.356 e. The summed E-state index contributed by atoms with van der Waals surface area (Å²) in [5, 5.41) is 6.98. The lowest BCUT2D eigenvalue weighted by molar-refractivity contribution is 0.244. The van der Waals surface area contributed by atoms with Gasteiger partial charge in [0, 0.05) is 44.4 Å². The van der Waals surface area contributed by atoms with Crippen molar-refractivity contribution in [2.45, 2.75) is 38.0 Å². The molecule has 4 rings (SSSR count). The first-order valence-electron chi connectivity index (χ1n) is 10.1. The Labute approximate surface area is 166 Å². The molecule has 0 amide bonds. The number of imidazole rings is 1. The summed E-state index contributed by atoms with van der Waals surface area (Å²) in [6.45, 7) is 3.82. The molecule has 0 spiro atoms. The summed E-state index contributed by atoms with van der Waals surface area (Å²) in [6, 6.07) is 15.0. The predicted octanol–water partition coefficient (Wildman–Crippen LogP) is 3.47. The number of aromatic nitrogens is 2. The first-order valence-corrected chi connectivity index (χ1v) is 10.1. The largest absolute Gasteiger partial charge is 0.356 e. The Kier molecular flexibility index (Phi) is 5.33. The van der Waals surface area contributed by atoms with Gasteiger partial charge in [-0.15, -0.1) is 0 Å². The van der Waals surface area contributed by atoms with Gasteiger partial charge in [-0.2, -0.15) is 0 Å². The van der Waals surface area contributed by atoms with Gasteiger partial charge in [-0.05, 0) is 37.0 Å². The number of hydrogen-bond acceptors (Lipinski definition) is 2. The van der Waals surface area contributed by atoms with Gasteiger partial charge in [-0.1, -0.05) is 42.8 Å². The third kappa shape index (κ3) is 3.75. The van der Waals surface area contributed by atoms with Gasteiger partial charge in [-0.25, -0.2) is 4.98 Å². The number of aryl methyl sites for hydroxylation is 1. The second-order valence-corrected chi connectivity index (χ2v) is 7.76. The van der Waals surface area contributed by atoms with E-state index in [1.54, 1.807) is 0 Å². The van der Waals surface area contributed by atoms with Crippen molar-refractivity contribution in [1.29, 1.82) is 0 Å². The van der Waals surface area contributed by atoms with Crippen molar-refractivity contribution < 1.29 is 0 Å². The monoisotopic (exact) mass is 375 g/mol. The summed E-state index contributed by atoms with van der Waals surface area (Å²) < 4.78 is 2.10. The maximum atomic E-state index is 4.74. The number of fused-ring (bicyclic) bond motifs is 1. The van der Waals surface area contributed by atoms with Gasteiger partial charge < -0.3 is 15.0 Å². The molecule has 1 aliphatic carbocycles. The Morgan fingerprint density at radius 1 is 1.14 bits per heavy atom. The van der Waals surface area contributed by atoms with Crippen molar-refractivity contribution in [2.24, 2.45) is 4.99 Å². The van der Waals surface area contributed by atoms with E-state index in [1.165, 1.54) is 30.4 Å². The molecule has 146 valence electrons. The molecular formula is C23H29N5. The van der Waals surface area contributed by atoms with Crippen LogP contribution in [0.4, 0.5) is 0 Å². The number of hydrogen-bond donors (Lipinski definition) is 2. The van der Waals surface area contributed by atoms with Gasteiger partial charge in [0.25, 0.3) is 0 Å². The lowest BCUT2D eigenvalue weighted by Crippen LogP contribution is -2.49. The zero-order chi connectivity index (χ0) is 19.4. The lowest BCUT2D eigenvalue weighted by atomic mass is 9.64. The summed E-state index contributed by atoms with van der Waals surface area (Å²) in [6.07, 6.45) is 8.80. The second-order valence-electron chi connectivity index (χ2n) is 7.76. The standard InChI is InChI=1S/C23H29N5/c1-18-8-6-15-28-16-20(27-21(18)28)11-14-25-22(24-2)26-17-23(12-7-13-23)19-9-4-3-5-10-19/h3-6,8-10,15-16H,7,11-14,17H2,1-2H3,(H2,24,25,26). The van der Waals surface area contributed by atoms with Crippen molar-refractivity contribution in [3.8, 4) is 0 Å². The minimum absolute atomic E-state index is 0.248. The first-order chi connectivity index (χ1) is 13.7. The zero-order valence-electron chi connectivity index (χ0n) is 16.8. The highest BCUT2D eigenvalue weighted by molar-refractivity contribution is 5.79. The Bertz CT molecular complexity index is 954. The molecule has 2 heterocycles. The molecule has 1 aromatic carbocycles. The topological polar surface area (TPSA) is 53.7 Å². The third-order valence-electron chi connectivity index (χ3n) is 5.92. The molecule has 2 aromatic heterocycles. The average Bonchev–Trinajstić information content (AvgIpc) is 3.11. The van der Waals surface area contributed by atoms with Gasteiger partial charge in [-0.3, -0.25) is 4.99 Å². The normalized spacial score (nSPS) is 16.0. The molecule has 0 aliphatic heterocycles. The van der Waals surface area contributed by atoms with Crippen molar-refractivity contribution in [2.75, 3.05) is 20.1 Å². The zero-order valence-corrected chi connectivity index (χ0v) is 16.8. The number of guanidine groups is 1. The fraction of sp³-hybridized carbons (Fsp3) is 0.391. The van der Waals surface area contributed by atoms with E-state index < -0.39 is 0 Å². The molecule has 0 unspecified atom stereocenters. The molecule has 3 aromatic rings. The molecule has 1 saturated carbocycles. The number of nitrogens with one attached hydrogen (secondary N) is 2. The molecule has 5 nitrogen and oxygen atoms in total. The Balaban J connectivity index is 1.32. The molecule has 0 saturated heterocycles. The molecule has 1 fully saturated rings. The van der Waals surface area contributed by atoms with Crippen molar-refractivity contribution in [1.82, 2.24) is 20.0 Å². The van der Waals surface area contributed by atoms with Crippen LogP contribution < -0.4 is 10.6 Å². The van der Waals surface area contributed by atoms with Crippen LogP contribution in [0.2, 0.25) is 0 Å². The van der Waals surface area contributed by atoms with E-state index in [1.807, 2.05) is 13.2 Å². The molecule has 0 atom stereocenters. The van der Waals surface area contributed by atoms with Gasteiger partial charge in [0.1, 0.15) is 5.65 Å². The van der Waals surface area contributed by atoms with E-state index in [0.29, 0.717) is 0 Å². The van der Waals surface area contributed by atoms with Crippen molar-refractivity contribution in [3.63, 3.8) is 0 Å². The van der Waals surface area contributed by atoms with Crippen LogP contribution in [0.5, 0.6) is 0 Å². The van der Waals surface area contributed by atoms with Crippen molar-refractivity contribution >= 4 is 11.6 Å². The Hall–Kier alpha value is -2.82. The molecule has 0 radical (unpaired) electrons. The van der Waals surface area contributed by atoms with E-state index >= 15 is 0 Å². The van der Waals surface area contributed by atoms with Crippen LogP contribution in [-0.4, -0.2) is 35.5 Å². The van der Waals surface area contributed by atoms with Crippen LogP contribution in [-0.2, 0) is 11.8 Å². The van der Waals surface area contributed by atoms with Crippen LogP contribution in [0.3, 0.4) is 0 Å². The van der Waals surface area contributed by atoms with Crippen LogP contribution in [0.15, 0.2) is 59.9 Å². The molecule has 1 aliphatic rings. The summed E-state index contributed by atoms with van der Waals surface area (Å²) in [5.74, 6) is 0.863. The van der Waals surface area contributed by atoms with Gasteiger partial charge in [0.15, 0.2) is 5.96 Å². The van der Waals surface area contributed by atoms with Crippen LogP contribution >= 0.6 is 0 Å². The Morgan fingerprint density at radius 3 is 2.64 bits per heavy atom. The van der Waals surface area contributed by atoms with Gasteiger partial charge in [0.05, 0.1) is 5.69 Å². The third-order valence-corrected chi connectivity index (χ3v) is 5.92. The SMILES string of the molecule is CN=C(NCCc1cn2cccc(C)c2n1)NCC1(c2ccccc2)CCC1. The second kappa shape index (κ2) is 8.05. The maximum Gasteiger partial charge on any atom is 0.191 e. The van der Waals surface area contributed by atoms with E-state index in [2.05, 4.69) is 75.6 Å². The fourth-order valence-electron chi connectivity index (χ4n) is 4.07. The quantitative estimate of drug-likeness (QED) is 0.512. The van der Waals surface area contributed by atoms with Crippen LogP contribution in [0.1, 0.15) is 36.1 Å². The highest BCUT2D eigenvalue weighted by atomic mass is 15.2. The Morgan fingerprint density at radius 2 is 1.96 bits per heavy atom. The van der Waals surface area contributed by atoms with Gasteiger partial charge in [0.2, 0.25) is 0 Å². The smallest absolute Gasteiger partial charge is 0.191 e. The van der Waals surface area contributed by atoms with E-state index in [-0.39, 0.29) is 5.41 Å². The number of rotatable bonds is 6. The summed E-state index contributed by atoms with van der Waals surface area (Å²) in [5.41, 5.74) is 5.01.